The summed E-state index contributed by atoms with van der Waals surface area (Å²) in [4.78, 5) is 23.6. The van der Waals surface area contributed by atoms with Crippen LogP contribution in [0.5, 0.6) is 0 Å². The summed E-state index contributed by atoms with van der Waals surface area (Å²) in [6.07, 6.45) is 1.12. The molecule has 7 heteroatoms. The second kappa shape index (κ2) is 6.47. The van der Waals surface area contributed by atoms with Crippen molar-refractivity contribution in [3.05, 3.63) is 35.4 Å². The first-order chi connectivity index (χ1) is 11.4. The molecule has 1 aromatic rings. The van der Waals surface area contributed by atoms with E-state index in [1.165, 1.54) is 12.1 Å². The number of ether oxygens (including phenoxy) is 1. The molecule has 2 unspecified atom stereocenters. The number of carbonyl (C=O) groups is 2. The average molecular weight is 339 g/mol. The first-order valence-corrected chi connectivity index (χ1v) is 7.97. The zero-order valence-corrected chi connectivity index (χ0v) is 13.1. The molecular formula is C17H19F2NO4. The van der Waals surface area contributed by atoms with Crippen LogP contribution in [0.2, 0.25) is 0 Å². The van der Waals surface area contributed by atoms with Gasteiger partial charge in [0.2, 0.25) is 5.91 Å². The summed E-state index contributed by atoms with van der Waals surface area (Å²) < 4.78 is 32.4. The number of amides is 1. The van der Waals surface area contributed by atoms with E-state index in [0.29, 0.717) is 32.5 Å². The Kier molecular flexibility index (Phi) is 4.54. The van der Waals surface area contributed by atoms with Crippen LogP contribution in [0.3, 0.4) is 0 Å². The third-order valence-corrected chi connectivity index (χ3v) is 4.84. The largest absolute Gasteiger partial charge is 0.481 e. The van der Waals surface area contributed by atoms with Crippen LogP contribution in [0.4, 0.5) is 8.78 Å². The minimum absolute atomic E-state index is 0.173. The molecule has 3 rings (SSSR count). The van der Waals surface area contributed by atoms with E-state index >= 15 is 0 Å². The lowest BCUT2D eigenvalue weighted by atomic mass is 9.86. The number of hydrogen-bond donors (Lipinski definition) is 2. The SMILES string of the molecule is O=C(O)CC1(NC(=O)C2CC2c2cccc(F)c2F)CCOCC1. The van der Waals surface area contributed by atoms with Gasteiger partial charge in [-0.05, 0) is 36.8 Å². The van der Waals surface area contributed by atoms with Crippen LogP contribution in [-0.4, -0.2) is 35.7 Å². The molecule has 0 spiro atoms. The standard InChI is InChI=1S/C17H19F2NO4/c18-13-3-1-2-10(15(13)19)11-8-12(11)16(23)20-17(9-14(21)22)4-6-24-7-5-17/h1-3,11-12H,4-9H2,(H,20,23)(H,21,22). The highest BCUT2D eigenvalue weighted by Crippen LogP contribution is 2.49. The molecule has 130 valence electrons. The van der Waals surface area contributed by atoms with Crippen molar-refractivity contribution >= 4 is 11.9 Å². The third kappa shape index (κ3) is 3.40. The second-order valence-corrected chi connectivity index (χ2v) is 6.54. The molecule has 1 aliphatic carbocycles. The highest BCUT2D eigenvalue weighted by Gasteiger charge is 2.48. The fourth-order valence-electron chi connectivity index (χ4n) is 3.39. The number of benzene rings is 1. The molecule has 1 saturated heterocycles. The number of carboxylic acid groups (broad SMARTS) is 1. The minimum Gasteiger partial charge on any atom is -0.481 e. The van der Waals surface area contributed by atoms with Crippen molar-refractivity contribution in [2.24, 2.45) is 5.92 Å². The van der Waals surface area contributed by atoms with Crippen LogP contribution in [0.25, 0.3) is 0 Å². The van der Waals surface area contributed by atoms with Crippen molar-refractivity contribution in [1.29, 1.82) is 0 Å². The Hall–Kier alpha value is -2.02. The molecule has 1 saturated carbocycles. The average Bonchev–Trinajstić information content (AvgIpc) is 3.30. The third-order valence-electron chi connectivity index (χ3n) is 4.84. The Morgan fingerprint density at radius 1 is 1.29 bits per heavy atom. The maximum Gasteiger partial charge on any atom is 0.305 e. The normalized spacial score (nSPS) is 25.1. The van der Waals surface area contributed by atoms with Gasteiger partial charge in [-0.3, -0.25) is 9.59 Å². The van der Waals surface area contributed by atoms with E-state index in [-0.39, 0.29) is 23.8 Å². The Morgan fingerprint density at radius 2 is 2.00 bits per heavy atom. The molecule has 2 aliphatic rings. The molecule has 0 radical (unpaired) electrons. The lowest BCUT2D eigenvalue weighted by Gasteiger charge is -2.37. The zero-order chi connectivity index (χ0) is 17.3. The van der Waals surface area contributed by atoms with Gasteiger partial charge in [-0.25, -0.2) is 8.78 Å². The number of carbonyl (C=O) groups excluding carboxylic acids is 1. The van der Waals surface area contributed by atoms with Crippen LogP contribution in [0, 0.1) is 17.6 Å². The van der Waals surface area contributed by atoms with Crippen LogP contribution in [0.1, 0.15) is 37.2 Å². The van der Waals surface area contributed by atoms with Gasteiger partial charge in [0.25, 0.3) is 0 Å². The molecule has 0 aromatic heterocycles. The molecule has 2 fully saturated rings. The van der Waals surface area contributed by atoms with Gasteiger partial charge in [0, 0.05) is 19.1 Å². The van der Waals surface area contributed by atoms with Crippen LogP contribution >= 0.6 is 0 Å². The predicted molar refractivity (Wildman–Crippen MR) is 80.4 cm³/mol. The van der Waals surface area contributed by atoms with Crippen molar-refractivity contribution in [3.63, 3.8) is 0 Å². The van der Waals surface area contributed by atoms with Gasteiger partial charge in [-0.15, -0.1) is 0 Å². The van der Waals surface area contributed by atoms with E-state index < -0.39 is 29.1 Å². The highest BCUT2D eigenvalue weighted by atomic mass is 19.2. The summed E-state index contributed by atoms with van der Waals surface area (Å²) in [5.41, 5.74) is -0.621. The molecule has 24 heavy (non-hydrogen) atoms. The van der Waals surface area contributed by atoms with E-state index in [1.807, 2.05) is 0 Å². The predicted octanol–water partition coefficient (Wildman–Crippen LogP) is 2.21. The summed E-state index contributed by atoms with van der Waals surface area (Å²) in [6.45, 7) is 0.778. The molecule has 1 heterocycles. The highest BCUT2D eigenvalue weighted by molar-refractivity contribution is 5.84. The quantitative estimate of drug-likeness (QED) is 0.862. The Bertz CT molecular complexity index is 658. The number of carboxylic acids is 1. The monoisotopic (exact) mass is 339 g/mol. The van der Waals surface area contributed by atoms with Crippen molar-refractivity contribution < 1.29 is 28.2 Å². The van der Waals surface area contributed by atoms with Gasteiger partial charge in [-0.2, -0.15) is 0 Å². The summed E-state index contributed by atoms with van der Waals surface area (Å²) in [5.74, 6) is -3.93. The van der Waals surface area contributed by atoms with Gasteiger partial charge in [-0.1, -0.05) is 12.1 Å². The molecular weight excluding hydrogens is 320 g/mol. The fourth-order valence-corrected chi connectivity index (χ4v) is 3.39. The molecule has 0 bridgehead atoms. The van der Waals surface area contributed by atoms with Crippen molar-refractivity contribution in [1.82, 2.24) is 5.32 Å². The first-order valence-electron chi connectivity index (χ1n) is 7.97. The summed E-state index contributed by atoms with van der Waals surface area (Å²) >= 11 is 0. The fraction of sp³-hybridized carbons (Fsp3) is 0.529. The Morgan fingerprint density at radius 3 is 2.67 bits per heavy atom. The summed E-state index contributed by atoms with van der Waals surface area (Å²) in [6, 6.07) is 3.95. The first kappa shape index (κ1) is 16.8. The molecule has 2 N–H and O–H groups in total. The molecule has 2 atom stereocenters. The van der Waals surface area contributed by atoms with E-state index in [1.54, 1.807) is 0 Å². The Labute approximate surface area is 138 Å². The molecule has 1 aliphatic heterocycles. The van der Waals surface area contributed by atoms with Gasteiger partial charge in [0.1, 0.15) is 0 Å². The Balaban J connectivity index is 1.69. The number of rotatable bonds is 5. The molecule has 1 aromatic carbocycles. The summed E-state index contributed by atoms with van der Waals surface area (Å²) in [7, 11) is 0. The van der Waals surface area contributed by atoms with Crippen LogP contribution in [-0.2, 0) is 14.3 Å². The maximum absolute atomic E-state index is 13.8. The smallest absolute Gasteiger partial charge is 0.305 e. The van der Waals surface area contributed by atoms with Gasteiger partial charge < -0.3 is 15.2 Å². The lowest BCUT2D eigenvalue weighted by Crippen LogP contribution is -2.53. The number of aliphatic carboxylic acids is 1. The number of hydrogen-bond acceptors (Lipinski definition) is 3. The van der Waals surface area contributed by atoms with Crippen molar-refractivity contribution in [2.75, 3.05) is 13.2 Å². The van der Waals surface area contributed by atoms with Crippen LogP contribution in [0.15, 0.2) is 18.2 Å². The maximum atomic E-state index is 13.8. The van der Waals surface area contributed by atoms with Crippen LogP contribution < -0.4 is 5.32 Å². The van der Waals surface area contributed by atoms with E-state index in [9.17, 15) is 18.4 Å². The minimum atomic E-state index is -0.985. The van der Waals surface area contributed by atoms with Crippen molar-refractivity contribution in [3.8, 4) is 0 Å². The second-order valence-electron chi connectivity index (χ2n) is 6.54. The van der Waals surface area contributed by atoms with E-state index in [2.05, 4.69) is 5.32 Å². The van der Waals surface area contributed by atoms with E-state index in [4.69, 9.17) is 9.84 Å². The summed E-state index contributed by atoms with van der Waals surface area (Å²) in [5, 5.41) is 12.0. The molecule has 5 nitrogen and oxygen atoms in total. The number of halogens is 2. The topological polar surface area (TPSA) is 75.6 Å². The number of nitrogens with one attached hydrogen (secondary N) is 1. The van der Waals surface area contributed by atoms with Gasteiger partial charge in [0.15, 0.2) is 11.6 Å². The molecule has 1 amide bonds. The van der Waals surface area contributed by atoms with E-state index in [0.717, 1.165) is 6.07 Å². The lowest BCUT2D eigenvalue weighted by molar-refractivity contribution is -0.140. The van der Waals surface area contributed by atoms with Crippen molar-refractivity contribution in [2.45, 2.75) is 37.1 Å². The van der Waals surface area contributed by atoms with Gasteiger partial charge >= 0.3 is 5.97 Å². The zero-order valence-electron chi connectivity index (χ0n) is 13.1. The van der Waals surface area contributed by atoms with Gasteiger partial charge in [0.05, 0.1) is 12.0 Å².